The third kappa shape index (κ3) is 3.78. The molecule has 0 aromatic carbocycles. The highest BCUT2D eigenvalue weighted by molar-refractivity contribution is 5.90. The predicted octanol–water partition coefficient (Wildman–Crippen LogP) is 1.55. The molecule has 6 heteroatoms. The van der Waals surface area contributed by atoms with E-state index in [9.17, 15) is 0 Å². The van der Waals surface area contributed by atoms with Gasteiger partial charge < -0.3 is 27.9 Å². The van der Waals surface area contributed by atoms with Gasteiger partial charge in [0.05, 0.1) is 39.9 Å². The fraction of sp³-hybridized carbons (Fsp3) is 0.467. The van der Waals surface area contributed by atoms with Crippen molar-refractivity contribution < 1.29 is 4.48 Å². The molecule has 0 aliphatic heterocycles. The first-order chi connectivity index (χ1) is 9.29. The number of quaternary nitrogens is 1. The number of pyridine rings is 1. The van der Waals surface area contributed by atoms with Crippen LogP contribution in [-0.2, 0) is 0 Å². The Morgan fingerprint density at radius 3 is 2.57 bits per heavy atom. The highest BCUT2D eigenvalue weighted by atomic mass is 15.3. The van der Waals surface area contributed by atoms with Crippen LogP contribution in [0.25, 0.3) is 5.52 Å². The molecule has 0 radical (unpaired) electrons. The smallest absolute Gasteiger partial charge is 0.172 e. The summed E-state index contributed by atoms with van der Waals surface area (Å²) in [5.41, 5.74) is 8.97. The molecule has 21 heavy (non-hydrogen) atoms. The first-order valence-electron chi connectivity index (χ1n) is 6.78. The summed E-state index contributed by atoms with van der Waals surface area (Å²) in [6.07, 6.45) is 1.92. The van der Waals surface area contributed by atoms with Crippen LogP contribution in [-0.4, -0.2) is 62.4 Å². The quantitative estimate of drug-likeness (QED) is 0.648. The van der Waals surface area contributed by atoms with Gasteiger partial charge in [0.15, 0.2) is 5.82 Å². The molecule has 2 rings (SSSR count). The van der Waals surface area contributed by atoms with Gasteiger partial charge in [0.1, 0.15) is 11.2 Å². The Hall–Kier alpha value is -1.95. The topological polar surface area (TPSA) is 58.6 Å². The number of aromatic nitrogens is 2. The molecule has 0 saturated heterocycles. The molecule has 0 fully saturated rings. The number of hydrogen-bond acceptors (Lipinski definition) is 4. The van der Waals surface area contributed by atoms with Gasteiger partial charge in [-0.05, 0) is 12.1 Å². The number of nitrogen functional groups attached to an aromatic ring is 1. The first kappa shape index (κ1) is 17.1. The van der Waals surface area contributed by atoms with E-state index in [-0.39, 0.29) is 7.43 Å². The summed E-state index contributed by atoms with van der Waals surface area (Å²) in [6, 6.07) is 4.02. The number of hydrogen-bond donors (Lipinski definition) is 2. The molecule has 0 amide bonds. The van der Waals surface area contributed by atoms with E-state index in [1.54, 1.807) is 0 Å². The van der Waals surface area contributed by atoms with Crippen LogP contribution in [0.4, 0.5) is 17.2 Å². The Balaban J connectivity index is 0.00000220. The molecular weight excluding hydrogens is 264 g/mol. The average molecular weight is 292 g/mol. The van der Waals surface area contributed by atoms with Gasteiger partial charge in [-0.2, -0.15) is 0 Å². The summed E-state index contributed by atoms with van der Waals surface area (Å²) in [5, 5.41) is 7.86. The molecule has 0 aliphatic rings. The Morgan fingerprint density at radius 1 is 1.33 bits per heavy atom. The predicted molar refractivity (Wildman–Crippen MR) is 91.7 cm³/mol. The van der Waals surface area contributed by atoms with Crippen LogP contribution in [0.2, 0.25) is 0 Å². The van der Waals surface area contributed by atoms with Crippen molar-refractivity contribution in [1.82, 2.24) is 9.61 Å². The van der Waals surface area contributed by atoms with E-state index in [1.807, 2.05) is 41.8 Å². The Kier molecular flexibility index (Phi) is 5.06. The highest BCUT2D eigenvalue weighted by Crippen LogP contribution is 2.30. The van der Waals surface area contributed by atoms with Crippen LogP contribution in [0.3, 0.4) is 0 Å². The summed E-state index contributed by atoms with van der Waals surface area (Å²) in [7, 11) is 10.5. The minimum Gasteiger partial charge on any atom is -0.394 e. The second-order valence-corrected chi connectivity index (χ2v) is 6.28. The standard InChI is InChI=1S/C14H25N6.CH3/c1-18(2)11-7-6-9-19-13(11)12(15)14(17-19)16-8-10-20(3,4)5;/h6-7,9H,8,10,15H2,1-5H3,(H,16,17);1H3/q+1;-1. The molecule has 0 atom stereocenters. The summed E-state index contributed by atoms with van der Waals surface area (Å²) in [4.78, 5) is 2.04. The van der Waals surface area contributed by atoms with Crippen molar-refractivity contribution in [3.05, 3.63) is 25.8 Å². The van der Waals surface area contributed by atoms with Crippen molar-refractivity contribution in [2.45, 2.75) is 0 Å². The van der Waals surface area contributed by atoms with Crippen LogP contribution >= 0.6 is 0 Å². The summed E-state index contributed by atoms with van der Waals surface area (Å²) in [6.45, 7) is 1.85. The summed E-state index contributed by atoms with van der Waals surface area (Å²) in [5.74, 6) is 0.757. The highest BCUT2D eigenvalue weighted by Gasteiger charge is 2.15. The molecule has 0 bridgehead atoms. The van der Waals surface area contributed by atoms with Gasteiger partial charge >= 0.3 is 0 Å². The van der Waals surface area contributed by atoms with Crippen LogP contribution in [0.5, 0.6) is 0 Å². The van der Waals surface area contributed by atoms with E-state index in [2.05, 4.69) is 31.6 Å². The van der Waals surface area contributed by atoms with Crippen LogP contribution in [0.1, 0.15) is 0 Å². The van der Waals surface area contributed by atoms with E-state index >= 15 is 0 Å². The molecular formula is C15H28N6. The zero-order chi connectivity index (χ0) is 14.9. The fourth-order valence-corrected chi connectivity index (χ4v) is 2.11. The lowest BCUT2D eigenvalue weighted by Gasteiger charge is -2.23. The van der Waals surface area contributed by atoms with Crippen molar-refractivity contribution in [2.75, 3.05) is 64.3 Å². The third-order valence-electron chi connectivity index (χ3n) is 3.23. The zero-order valence-electron chi connectivity index (χ0n) is 14.0. The van der Waals surface area contributed by atoms with Gasteiger partial charge in [0, 0.05) is 20.3 Å². The van der Waals surface area contributed by atoms with E-state index in [4.69, 9.17) is 5.73 Å². The number of nitrogens with zero attached hydrogens (tertiary/aromatic N) is 4. The molecule has 0 unspecified atom stereocenters. The second-order valence-electron chi connectivity index (χ2n) is 6.28. The minimum absolute atomic E-state index is 0. The Morgan fingerprint density at radius 2 is 2.00 bits per heavy atom. The molecule has 6 nitrogen and oxygen atoms in total. The largest absolute Gasteiger partial charge is 0.394 e. The Bertz CT molecular complexity index is 594. The average Bonchev–Trinajstić information content (AvgIpc) is 2.65. The number of likely N-dealkylation sites (N-methyl/N-ethyl adjacent to an activating group) is 1. The maximum Gasteiger partial charge on any atom is 0.172 e. The van der Waals surface area contributed by atoms with E-state index in [0.29, 0.717) is 5.69 Å². The molecule has 3 N–H and O–H groups in total. The van der Waals surface area contributed by atoms with Gasteiger partial charge in [-0.1, -0.05) is 0 Å². The lowest BCUT2D eigenvalue weighted by atomic mass is 10.3. The van der Waals surface area contributed by atoms with E-state index in [1.165, 1.54) is 0 Å². The van der Waals surface area contributed by atoms with Crippen molar-refractivity contribution in [3.8, 4) is 0 Å². The molecule has 2 heterocycles. The number of nitrogens with two attached hydrogens (primary N) is 1. The van der Waals surface area contributed by atoms with Gasteiger partial charge in [-0.15, -0.1) is 5.10 Å². The SMILES string of the molecule is CN(C)c1cccn2nc(NCC[N+](C)(C)C)c(N)c12.[CH3-]. The maximum absolute atomic E-state index is 6.25. The number of rotatable bonds is 5. The first-order valence-corrected chi connectivity index (χ1v) is 6.78. The number of anilines is 3. The molecule has 0 spiro atoms. The lowest BCUT2D eigenvalue weighted by Crippen LogP contribution is -2.38. The van der Waals surface area contributed by atoms with E-state index < -0.39 is 0 Å². The monoisotopic (exact) mass is 292 g/mol. The van der Waals surface area contributed by atoms with Crippen molar-refractivity contribution >= 4 is 22.7 Å². The van der Waals surface area contributed by atoms with Crippen LogP contribution in [0.15, 0.2) is 18.3 Å². The fourth-order valence-electron chi connectivity index (χ4n) is 2.11. The van der Waals surface area contributed by atoms with Crippen molar-refractivity contribution in [3.63, 3.8) is 0 Å². The van der Waals surface area contributed by atoms with Gasteiger partial charge in [-0.3, -0.25) is 0 Å². The van der Waals surface area contributed by atoms with E-state index in [0.717, 1.165) is 34.6 Å². The summed E-state index contributed by atoms with van der Waals surface area (Å²) >= 11 is 0. The van der Waals surface area contributed by atoms with Gasteiger partial charge in [0.25, 0.3) is 0 Å². The third-order valence-corrected chi connectivity index (χ3v) is 3.23. The number of nitrogens with one attached hydrogen (secondary N) is 1. The minimum atomic E-state index is 0. The molecule has 2 aromatic heterocycles. The van der Waals surface area contributed by atoms with Gasteiger partial charge in [0.2, 0.25) is 0 Å². The number of fused-ring (bicyclic) bond motifs is 1. The summed E-state index contributed by atoms with van der Waals surface area (Å²) < 4.78 is 2.74. The maximum atomic E-state index is 6.25. The van der Waals surface area contributed by atoms with Crippen LogP contribution in [0, 0.1) is 7.43 Å². The lowest BCUT2D eigenvalue weighted by molar-refractivity contribution is -0.868. The Labute approximate surface area is 127 Å². The normalized spacial score (nSPS) is 11.3. The molecule has 0 aliphatic carbocycles. The molecule has 2 aromatic rings. The zero-order valence-corrected chi connectivity index (χ0v) is 14.0. The molecule has 0 saturated carbocycles. The van der Waals surface area contributed by atoms with Crippen LogP contribution < -0.4 is 16.0 Å². The molecule has 118 valence electrons. The van der Waals surface area contributed by atoms with Gasteiger partial charge in [-0.25, -0.2) is 4.52 Å². The second kappa shape index (κ2) is 6.22. The van der Waals surface area contributed by atoms with Crippen molar-refractivity contribution in [1.29, 1.82) is 0 Å². The van der Waals surface area contributed by atoms with Crippen molar-refractivity contribution in [2.24, 2.45) is 0 Å².